The number of aldehydes is 1. The van der Waals surface area contributed by atoms with Gasteiger partial charge in [-0.2, -0.15) is 0 Å². The number of hydrogen-bond acceptors (Lipinski definition) is 6. The van der Waals surface area contributed by atoms with Crippen LogP contribution in [-0.2, 0) is 11.3 Å². The van der Waals surface area contributed by atoms with E-state index in [1.165, 1.54) is 18.4 Å². The van der Waals surface area contributed by atoms with E-state index in [9.17, 15) is 14.4 Å². The molecule has 5 nitrogen and oxygen atoms in total. The van der Waals surface area contributed by atoms with Crippen LogP contribution in [-0.4, -0.2) is 29.4 Å². The van der Waals surface area contributed by atoms with E-state index in [4.69, 9.17) is 4.74 Å². The number of thiophene rings is 1. The highest BCUT2D eigenvalue weighted by atomic mass is 32.2. The average molecular weight is 359 g/mol. The highest BCUT2D eigenvalue weighted by Gasteiger charge is 2.35. The predicted molar refractivity (Wildman–Crippen MR) is 94.2 cm³/mol. The van der Waals surface area contributed by atoms with Crippen molar-refractivity contribution in [1.29, 1.82) is 0 Å². The Kier molecular flexibility index (Phi) is 4.82. The average Bonchev–Trinajstić information content (AvgIpc) is 3.19. The maximum atomic E-state index is 12.5. The van der Waals surface area contributed by atoms with E-state index in [0.717, 1.165) is 21.5 Å². The Balaban J connectivity index is 1.87. The summed E-state index contributed by atoms with van der Waals surface area (Å²) in [5.74, 6) is 0.193. The van der Waals surface area contributed by atoms with Crippen LogP contribution in [0.15, 0.2) is 40.6 Å². The second-order valence-corrected chi connectivity index (χ2v) is 6.94. The third-order valence-electron chi connectivity index (χ3n) is 3.46. The second kappa shape index (κ2) is 7.02. The molecule has 0 N–H and O–H groups in total. The van der Waals surface area contributed by atoms with Gasteiger partial charge in [0.2, 0.25) is 0 Å². The van der Waals surface area contributed by atoms with Crippen molar-refractivity contribution in [3.8, 4) is 5.75 Å². The van der Waals surface area contributed by atoms with Crippen LogP contribution in [0.1, 0.15) is 20.8 Å². The number of methoxy groups -OCH3 is 1. The molecule has 1 aromatic carbocycles. The number of carbonyl (C=O) groups excluding carboxylic acids is 3. The molecule has 3 rings (SSSR count). The fourth-order valence-electron chi connectivity index (χ4n) is 2.30. The Morgan fingerprint density at radius 3 is 2.75 bits per heavy atom. The fourth-order valence-corrected chi connectivity index (χ4v) is 3.87. The molecule has 1 fully saturated rings. The first-order chi connectivity index (χ1) is 11.6. The minimum Gasteiger partial charge on any atom is -0.496 e. The van der Waals surface area contributed by atoms with Crippen LogP contribution >= 0.6 is 23.1 Å². The van der Waals surface area contributed by atoms with Crippen molar-refractivity contribution < 1.29 is 19.1 Å². The first kappa shape index (κ1) is 16.5. The van der Waals surface area contributed by atoms with Gasteiger partial charge in [-0.05, 0) is 47.5 Å². The number of thioether (sulfide) groups is 1. The molecule has 1 aliphatic heterocycles. The Bertz CT molecular complexity index is 827. The summed E-state index contributed by atoms with van der Waals surface area (Å²) in [4.78, 5) is 38.1. The lowest BCUT2D eigenvalue weighted by atomic mass is 10.1. The summed E-state index contributed by atoms with van der Waals surface area (Å²) in [6.45, 7) is 0.0668. The first-order valence-corrected chi connectivity index (χ1v) is 8.73. The summed E-state index contributed by atoms with van der Waals surface area (Å²) in [6, 6.07) is 8.67. The molecule has 0 atom stereocenters. The molecule has 2 heterocycles. The van der Waals surface area contributed by atoms with Crippen molar-refractivity contribution in [2.45, 2.75) is 6.54 Å². The normalized spacial score (nSPS) is 16.0. The molecule has 0 bridgehead atoms. The molecule has 1 saturated heterocycles. The molecule has 0 saturated carbocycles. The smallest absolute Gasteiger partial charge is 0.293 e. The molecule has 0 radical (unpaired) electrons. The van der Waals surface area contributed by atoms with Crippen molar-refractivity contribution in [3.63, 3.8) is 0 Å². The van der Waals surface area contributed by atoms with Crippen LogP contribution in [0.3, 0.4) is 0 Å². The monoisotopic (exact) mass is 359 g/mol. The van der Waals surface area contributed by atoms with Gasteiger partial charge < -0.3 is 4.74 Å². The summed E-state index contributed by atoms with van der Waals surface area (Å²) < 4.78 is 5.25. The number of ether oxygens (including phenoxy) is 1. The van der Waals surface area contributed by atoms with Crippen LogP contribution in [0.4, 0.5) is 4.79 Å². The van der Waals surface area contributed by atoms with E-state index in [2.05, 4.69) is 0 Å². The minimum atomic E-state index is -0.336. The van der Waals surface area contributed by atoms with E-state index in [1.54, 1.807) is 24.3 Å². The maximum absolute atomic E-state index is 12.5. The molecule has 0 spiro atoms. The molecule has 122 valence electrons. The second-order valence-electron chi connectivity index (χ2n) is 4.97. The van der Waals surface area contributed by atoms with E-state index in [-0.39, 0.29) is 17.7 Å². The largest absolute Gasteiger partial charge is 0.496 e. The quantitative estimate of drug-likeness (QED) is 0.600. The summed E-state index contributed by atoms with van der Waals surface area (Å²) in [5, 5.41) is 1.58. The summed E-state index contributed by atoms with van der Waals surface area (Å²) in [5.41, 5.74) is 1.08. The van der Waals surface area contributed by atoms with Crippen LogP contribution in [0.25, 0.3) is 6.08 Å². The highest BCUT2D eigenvalue weighted by Crippen LogP contribution is 2.35. The van der Waals surface area contributed by atoms with Crippen LogP contribution in [0.2, 0.25) is 0 Å². The topological polar surface area (TPSA) is 63.7 Å². The first-order valence-electron chi connectivity index (χ1n) is 7.03. The fraction of sp³-hybridized carbons (Fsp3) is 0.118. The van der Waals surface area contributed by atoms with Gasteiger partial charge >= 0.3 is 0 Å². The number of carbonyl (C=O) groups is 3. The maximum Gasteiger partial charge on any atom is 0.293 e. The van der Waals surface area contributed by atoms with Crippen molar-refractivity contribution >= 4 is 46.6 Å². The number of nitrogens with zero attached hydrogens (tertiary/aromatic N) is 1. The standard InChI is InChI=1S/C17H13NO4S2/c1-22-14-5-4-11(10-19)7-12(14)9-18-16(20)15(24-17(18)21)8-13-3-2-6-23-13/h2-8,10H,9H2,1H3/b15-8-. The van der Waals surface area contributed by atoms with Crippen LogP contribution in [0.5, 0.6) is 5.75 Å². The number of benzene rings is 1. The molecule has 2 amide bonds. The van der Waals surface area contributed by atoms with Gasteiger partial charge in [0, 0.05) is 16.0 Å². The molecule has 1 aromatic heterocycles. The van der Waals surface area contributed by atoms with E-state index >= 15 is 0 Å². The van der Waals surface area contributed by atoms with Gasteiger partial charge in [-0.1, -0.05) is 6.07 Å². The van der Waals surface area contributed by atoms with Gasteiger partial charge in [0.1, 0.15) is 12.0 Å². The van der Waals surface area contributed by atoms with Crippen molar-refractivity contribution in [2.24, 2.45) is 0 Å². The lowest BCUT2D eigenvalue weighted by Gasteiger charge is -2.15. The number of rotatable bonds is 5. The zero-order valence-electron chi connectivity index (χ0n) is 12.7. The van der Waals surface area contributed by atoms with E-state index in [1.807, 2.05) is 17.5 Å². The summed E-state index contributed by atoms with van der Waals surface area (Å²) in [6.07, 6.45) is 2.43. The molecule has 0 unspecified atom stereocenters. The lowest BCUT2D eigenvalue weighted by Crippen LogP contribution is -2.27. The van der Waals surface area contributed by atoms with Gasteiger partial charge in [-0.15, -0.1) is 11.3 Å². The highest BCUT2D eigenvalue weighted by molar-refractivity contribution is 8.18. The van der Waals surface area contributed by atoms with Crippen LogP contribution < -0.4 is 4.74 Å². The third-order valence-corrected chi connectivity index (χ3v) is 5.19. The molecule has 1 aliphatic rings. The molecular weight excluding hydrogens is 346 g/mol. The van der Waals surface area contributed by atoms with Gasteiger partial charge in [0.25, 0.3) is 11.1 Å². The zero-order valence-corrected chi connectivity index (χ0v) is 14.4. The third kappa shape index (κ3) is 3.27. The van der Waals surface area contributed by atoms with Crippen molar-refractivity contribution in [1.82, 2.24) is 4.90 Å². The van der Waals surface area contributed by atoms with Gasteiger partial charge in [-0.3, -0.25) is 19.3 Å². The predicted octanol–water partition coefficient (Wildman–Crippen LogP) is 3.81. The van der Waals surface area contributed by atoms with E-state index in [0.29, 0.717) is 28.1 Å². The summed E-state index contributed by atoms with van der Waals surface area (Å²) >= 11 is 2.42. The molecular formula is C17H13NO4S2. The minimum absolute atomic E-state index is 0.0668. The van der Waals surface area contributed by atoms with Crippen molar-refractivity contribution in [2.75, 3.05) is 7.11 Å². The summed E-state index contributed by atoms with van der Waals surface area (Å²) in [7, 11) is 1.50. The zero-order chi connectivity index (χ0) is 17.1. The van der Waals surface area contributed by atoms with Crippen molar-refractivity contribution in [3.05, 3.63) is 56.6 Å². The Labute approximate surface area is 146 Å². The van der Waals surface area contributed by atoms with Gasteiger partial charge in [0.05, 0.1) is 18.6 Å². The van der Waals surface area contributed by atoms with E-state index < -0.39 is 0 Å². The molecule has 0 aliphatic carbocycles. The number of imide groups is 1. The molecule has 2 aromatic rings. The number of hydrogen-bond donors (Lipinski definition) is 0. The number of amides is 2. The molecule has 24 heavy (non-hydrogen) atoms. The SMILES string of the molecule is COc1ccc(C=O)cc1CN1C(=O)S/C(=C\c2cccs2)C1=O. The Morgan fingerprint density at radius 1 is 1.25 bits per heavy atom. The Hall–Kier alpha value is -2.38. The van der Waals surface area contributed by atoms with Crippen LogP contribution in [0, 0.1) is 0 Å². The van der Waals surface area contributed by atoms with Gasteiger partial charge in [0.15, 0.2) is 0 Å². The van der Waals surface area contributed by atoms with Gasteiger partial charge in [-0.25, -0.2) is 0 Å². The molecule has 7 heteroatoms. The lowest BCUT2D eigenvalue weighted by molar-refractivity contribution is -0.123. The Morgan fingerprint density at radius 2 is 2.08 bits per heavy atom.